The predicted octanol–water partition coefficient (Wildman–Crippen LogP) is -1.35. The quantitative estimate of drug-likeness (QED) is 0.600. The summed E-state index contributed by atoms with van der Waals surface area (Å²) in [5, 5.41) is 2.85. The van der Waals surface area contributed by atoms with E-state index in [0.29, 0.717) is 25.3 Å². The van der Waals surface area contributed by atoms with Gasteiger partial charge in [0.2, 0.25) is 5.91 Å². The van der Waals surface area contributed by atoms with E-state index in [1.165, 1.54) is 6.07 Å². The number of aromatic amines is 1. The third-order valence-electron chi connectivity index (χ3n) is 3.77. The van der Waals surface area contributed by atoms with Crippen LogP contribution >= 0.6 is 0 Å². The molecule has 1 aliphatic rings. The molecule has 0 atom stereocenters. The summed E-state index contributed by atoms with van der Waals surface area (Å²) in [6.45, 7) is 7.92. The zero-order valence-electron chi connectivity index (χ0n) is 13.0. The van der Waals surface area contributed by atoms with E-state index in [9.17, 15) is 9.59 Å². The summed E-state index contributed by atoms with van der Waals surface area (Å²) in [4.78, 5) is 34.3. The highest BCUT2D eigenvalue weighted by atomic mass is 16.2. The lowest BCUT2D eigenvalue weighted by Gasteiger charge is -2.33. The molecule has 4 N–H and O–H groups in total. The molecule has 0 aromatic carbocycles. The largest absolute Gasteiger partial charge is 0.383 e. The van der Waals surface area contributed by atoms with E-state index in [0.717, 1.165) is 32.7 Å². The van der Waals surface area contributed by atoms with Crippen molar-refractivity contribution in [3.63, 3.8) is 0 Å². The van der Waals surface area contributed by atoms with Gasteiger partial charge in [-0.25, -0.2) is 4.98 Å². The molecule has 2 heterocycles. The molecule has 0 radical (unpaired) electrons. The number of nitrogens with zero attached hydrogens (tertiary/aromatic N) is 3. The lowest BCUT2D eigenvalue weighted by molar-refractivity contribution is -0.122. The Morgan fingerprint density at radius 2 is 2.05 bits per heavy atom. The molecule has 0 spiro atoms. The monoisotopic (exact) mass is 308 g/mol. The minimum absolute atomic E-state index is 0.00352. The van der Waals surface area contributed by atoms with Crippen LogP contribution in [-0.4, -0.2) is 71.5 Å². The number of hydrogen-bond acceptors (Lipinski definition) is 6. The Labute approximate surface area is 129 Å². The van der Waals surface area contributed by atoms with Gasteiger partial charge in [-0.15, -0.1) is 0 Å². The number of likely N-dealkylation sites (N-methyl/N-ethyl adjacent to an activating group) is 1. The van der Waals surface area contributed by atoms with Crippen LogP contribution in [0.25, 0.3) is 0 Å². The molecule has 1 aromatic rings. The van der Waals surface area contributed by atoms with Crippen molar-refractivity contribution in [2.24, 2.45) is 0 Å². The number of aromatic nitrogens is 2. The second-order valence-electron chi connectivity index (χ2n) is 5.43. The summed E-state index contributed by atoms with van der Waals surface area (Å²) >= 11 is 0. The van der Waals surface area contributed by atoms with Crippen molar-refractivity contribution >= 4 is 11.7 Å². The third-order valence-corrected chi connectivity index (χ3v) is 3.77. The molecule has 1 saturated heterocycles. The van der Waals surface area contributed by atoms with Crippen LogP contribution in [0.3, 0.4) is 0 Å². The molecule has 1 amide bonds. The van der Waals surface area contributed by atoms with Gasteiger partial charge in [0.05, 0.1) is 6.54 Å². The number of amides is 1. The first-order valence-electron chi connectivity index (χ1n) is 7.64. The average molecular weight is 308 g/mol. The molecular weight excluding hydrogens is 284 g/mol. The minimum atomic E-state index is -0.275. The van der Waals surface area contributed by atoms with Crippen molar-refractivity contribution < 1.29 is 4.79 Å². The fourth-order valence-corrected chi connectivity index (χ4v) is 2.49. The van der Waals surface area contributed by atoms with E-state index in [4.69, 9.17) is 5.73 Å². The number of nitrogens with one attached hydrogen (secondary N) is 2. The van der Waals surface area contributed by atoms with E-state index >= 15 is 0 Å². The molecule has 0 aliphatic carbocycles. The molecule has 8 nitrogen and oxygen atoms in total. The highest BCUT2D eigenvalue weighted by molar-refractivity contribution is 5.78. The van der Waals surface area contributed by atoms with Crippen molar-refractivity contribution in [3.05, 3.63) is 22.2 Å². The maximum absolute atomic E-state index is 11.9. The molecule has 22 heavy (non-hydrogen) atoms. The maximum Gasteiger partial charge on any atom is 0.252 e. The Kier molecular flexibility index (Phi) is 5.91. The molecular formula is C14H24N6O2. The van der Waals surface area contributed by atoms with Gasteiger partial charge in [-0.1, -0.05) is 6.92 Å². The number of nitrogens with two attached hydrogens (primary N) is 1. The number of carbonyl (C=O) groups excluding carboxylic acids is 1. The standard InChI is InChI=1S/C14H24N6O2/c1-2-19-5-7-20(8-6-19)10-14(22)16-4-3-12-17-11(15)9-13(21)18-12/h9H,2-8,10H2,1H3,(H,16,22)(H3,15,17,18,21). The Bertz CT molecular complexity index is 551. The molecule has 2 rings (SSSR count). The Balaban J connectivity index is 1.68. The van der Waals surface area contributed by atoms with Gasteiger partial charge >= 0.3 is 0 Å². The molecule has 0 unspecified atom stereocenters. The van der Waals surface area contributed by atoms with Crippen LogP contribution in [0.15, 0.2) is 10.9 Å². The second-order valence-corrected chi connectivity index (χ2v) is 5.43. The molecule has 8 heteroatoms. The van der Waals surface area contributed by atoms with Crippen molar-refractivity contribution in [2.75, 3.05) is 51.5 Å². The number of rotatable bonds is 6. The van der Waals surface area contributed by atoms with Gasteiger partial charge in [0.1, 0.15) is 11.6 Å². The minimum Gasteiger partial charge on any atom is -0.383 e. The van der Waals surface area contributed by atoms with Crippen molar-refractivity contribution in [1.29, 1.82) is 0 Å². The Morgan fingerprint density at radius 3 is 2.68 bits per heavy atom. The van der Waals surface area contributed by atoms with Gasteiger partial charge in [0, 0.05) is 45.2 Å². The fraction of sp³-hybridized carbons (Fsp3) is 0.643. The van der Waals surface area contributed by atoms with Gasteiger partial charge in [0.15, 0.2) is 0 Å². The Morgan fingerprint density at radius 1 is 1.36 bits per heavy atom. The first-order valence-corrected chi connectivity index (χ1v) is 7.64. The van der Waals surface area contributed by atoms with Gasteiger partial charge in [-0.3, -0.25) is 14.5 Å². The van der Waals surface area contributed by atoms with Crippen LogP contribution in [0.5, 0.6) is 0 Å². The number of nitrogen functional groups attached to an aromatic ring is 1. The van der Waals surface area contributed by atoms with E-state index in [1.807, 2.05) is 0 Å². The van der Waals surface area contributed by atoms with E-state index in [1.54, 1.807) is 0 Å². The third kappa shape index (κ3) is 5.12. The van der Waals surface area contributed by atoms with Crippen molar-refractivity contribution in [1.82, 2.24) is 25.1 Å². The van der Waals surface area contributed by atoms with Crippen LogP contribution < -0.4 is 16.6 Å². The van der Waals surface area contributed by atoms with Crippen LogP contribution in [0, 0.1) is 0 Å². The van der Waals surface area contributed by atoms with Crippen LogP contribution in [0.1, 0.15) is 12.7 Å². The lowest BCUT2D eigenvalue weighted by atomic mass is 10.3. The van der Waals surface area contributed by atoms with E-state index in [-0.39, 0.29) is 17.3 Å². The maximum atomic E-state index is 11.9. The summed E-state index contributed by atoms with van der Waals surface area (Å²) < 4.78 is 0. The van der Waals surface area contributed by atoms with Gasteiger partial charge in [-0.05, 0) is 6.54 Å². The van der Waals surface area contributed by atoms with Crippen LogP contribution in [-0.2, 0) is 11.2 Å². The molecule has 1 aliphatic heterocycles. The predicted molar refractivity (Wildman–Crippen MR) is 84.5 cm³/mol. The number of piperazine rings is 1. The SMILES string of the molecule is CCN1CCN(CC(=O)NCCc2nc(N)cc(=O)[nH]2)CC1. The number of hydrogen-bond donors (Lipinski definition) is 3. The van der Waals surface area contributed by atoms with Gasteiger partial charge in [-0.2, -0.15) is 0 Å². The molecule has 122 valence electrons. The smallest absolute Gasteiger partial charge is 0.252 e. The van der Waals surface area contributed by atoms with E-state index < -0.39 is 0 Å². The highest BCUT2D eigenvalue weighted by Crippen LogP contribution is 2.00. The number of H-pyrrole nitrogens is 1. The summed E-state index contributed by atoms with van der Waals surface area (Å²) in [6.07, 6.45) is 0.454. The lowest BCUT2D eigenvalue weighted by Crippen LogP contribution is -2.49. The number of carbonyl (C=O) groups is 1. The normalized spacial score (nSPS) is 16.6. The van der Waals surface area contributed by atoms with Gasteiger partial charge in [0.25, 0.3) is 5.56 Å². The highest BCUT2D eigenvalue weighted by Gasteiger charge is 2.17. The van der Waals surface area contributed by atoms with Crippen molar-refractivity contribution in [2.45, 2.75) is 13.3 Å². The zero-order valence-corrected chi connectivity index (χ0v) is 13.0. The summed E-state index contributed by atoms with van der Waals surface area (Å²) in [5.41, 5.74) is 5.23. The van der Waals surface area contributed by atoms with Crippen LogP contribution in [0.2, 0.25) is 0 Å². The molecule has 0 bridgehead atoms. The van der Waals surface area contributed by atoms with Crippen molar-refractivity contribution in [3.8, 4) is 0 Å². The summed E-state index contributed by atoms with van der Waals surface area (Å²) in [6, 6.07) is 1.23. The molecule has 1 fully saturated rings. The molecule has 0 saturated carbocycles. The zero-order chi connectivity index (χ0) is 15.9. The van der Waals surface area contributed by atoms with Gasteiger partial charge < -0.3 is 20.9 Å². The summed E-state index contributed by atoms with van der Waals surface area (Å²) in [7, 11) is 0. The second kappa shape index (κ2) is 7.90. The van der Waals surface area contributed by atoms with E-state index in [2.05, 4.69) is 32.0 Å². The Hall–Kier alpha value is -1.93. The topological polar surface area (TPSA) is 107 Å². The number of anilines is 1. The fourth-order valence-electron chi connectivity index (χ4n) is 2.49. The molecule has 1 aromatic heterocycles. The van der Waals surface area contributed by atoms with Crippen LogP contribution in [0.4, 0.5) is 5.82 Å². The summed E-state index contributed by atoms with van der Waals surface area (Å²) in [5.74, 6) is 0.678. The average Bonchev–Trinajstić information content (AvgIpc) is 2.47. The first kappa shape index (κ1) is 16.4. The first-order chi connectivity index (χ1) is 10.6.